The molecule has 0 bridgehead atoms. The lowest BCUT2D eigenvalue weighted by molar-refractivity contribution is 0.0949. The van der Waals surface area contributed by atoms with Crippen LogP contribution in [0.15, 0.2) is 48.5 Å². The van der Waals surface area contributed by atoms with E-state index >= 15 is 0 Å². The predicted molar refractivity (Wildman–Crippen MR) is 110 cm³/mol. The molecule has 144 valence electrons. The summed E-state index contributed by atoms with van der Waals surface area (Å²) in [4.78, 5) is 26.7. The van der Waals surface area contributed by atoms with Crippen molar-refractivity contribution in [3.63, 3.8) is 0 Å². The molecular weight excluding hydrogens is 338 g/mol. The van der Waals surface area contributed by atoms with Crippen LogP contribution in [0, 0.1) is 0 Å². The van der Waals surface area contributed by atoms with Crippen molar-refractivity contribution >= 4 is 17.5 Å². The number of nitrogens with zero attached hydrogens (tertiary/aromatic N) is 1. The van der Waals surface area contributed by atoms with Gasteiger partial charge in [-0.1, -0.05) is 39.0 Å². The van der Waals surface area contributed by atoms with E-state index in [1.165, 1.54) is 0 Å². The summed E-state index contributed by atoms with van der Waals surface area (Å²) in [7, 11) is 3.91. The van der Waals surface area contributed by atoms with E-state index in [1.54, 1.807) is 24.3 Å². The third-order valence-electron chi connectivity index (χ3n) is 4.24. The van der Waals surface area contributed by atoms with E-state index in [0.29, 0.717) is 17.7 Å². The Morgan fingerprint density at radius 1 is 0.889 bits per heavy atom. The molecular formula is C22H29N3O2. The third-order valence-corrected chi connectivity index (χ3v) is 4.24. The van der Waals surface area contributed by atoms with Crippen LogP contribution in [0.5, 0.6) is 0 Å². The zero-order valence-electron chi connectivity index (χ0n) is 16.8. The van der Waals surface area contributed by atoms with Gasteiger partial charge in [-0.3, -0.25) is 9.59 Å². The van der Waals surface area contributed by atoms with Crippen molar-refractivity contribution in [1.29, 1.82) is 0 Å². The second kappa shape index (κ2) is 8.82. The Morgan fingerprint density at radius 2 is 1.44 bits per heavy atom. The number of para-hydroxylation sites is 1. The van der Waals surface area contributed by atoms with Crippen LogP contribution in [0.25, 0.3) is 0 Å². The molecule has 2 rings (SSSR count). The van der Waals surface area contributed by atoms with E-state index in [2.05, 4.69) is 31.4 Å². The fourth-order valence-corrected chi connectivity index (χ4v) is 2.71. The molecule has 2 aromatic rings. The summed E-state index contributed by atoms with van der Waals surface area (Å²) < 4.78 is 0. The topological polar surface area (TPSA) is 61.4 Å². The fraction of sp³-hybridized carbons (Fsp3) is 0.364. The monoisotopic (exact) mass is 367 g/mol. The molecule has 0 aliphatic heterocycles. The molecule has 0 saturated carbocycles. The van der Waals surface area contributed by atoms with Crippen LogP contribution in [0.3, 0.4) is 0 Å². The summed E-state index contributed by atoms with van der Waals surface area (Å²) in [6.07, 6.45) is 0. The van der Waals surface area contributed by atoms with Crippen molar-refractivity contribution < 1.29 is 9.59 Å². The number of carbonyl (C=O) groups excluding carboxylic acids is 2. The zero-order valence-corrected chi connectivity index (χ0v) is 16.8. The van der Waals surface area contributed by atoms with Gasteiger partial charge in [0.1, 0.15) is 0 Å². The van der Waals surface area contributed by atoms with Crippen molar-refractivity contribution in [2.24, 2.45) is 0 Å². The Balaban J connectivity index is 2.05. The average molecular weight is 367 g/mol. The summed E-state index contributed by atoms with van der Waals surface area (Å²) in [5.41, 5.74) is 2.87. The molecule has 0 radical (unpaired) electrons. The minimum atomic E-state index is -0.189. The second-order valence-electron chi connectivity index (χ2n) is 7.89. The largest absolute Gasteiger partial charge is 0.351 e. The Morgan fingerprint density at radius 3 is 2.00 bits per heavy atom. The summed E-state index contributed by atoms with van der Waals surface area (Å²) in [6, 6.07) is 14.5. The highest BCUT2D eigenvalue weighted by molar-refractivity contribution is 6.05. The second-order valence-corrected chi connectivity index (χ2v) is 7.89. The maximum atomic E-state index is 12.6. The van der Waals surface area contributed by atoms with Gasteiger partial charge in [0, 0.05) is 29.9 Å². The van der Waals surface area contributed by atoms with Crippen LogP contribution in [0.4, 0.5) is 5.69 Å². The number of hydrogen-bond donors (Lipinski definition) is 2. The predicted octanol–water partition coefficient (Wildman–Crippen LogP) is 3.53. The van der Waals surface area contributed by atoms with Crippen LogP contribution in [-0.2, 0) is 5.41 Å². The maximum absolute atomic E-state index is 12.6. The Bertz CT molecular complexity index is 790. The number of rotatable bonds is 6. The van der Waals surface area contributed by atoms with Gasteiger partial charge in [0.2, 0.25) is 0 Å². The number of anilines is 1. The normalized spacial score (nSPS) is 11.3. The van der Waals surface area contributed by atoms with Crippen molar-refractivity contribution in [2.75, 3.05) is 32.5 Å². The van der Waals surface area contributed by atoms with Gasteiger partial charge in [0.25, 0.3) is 11.8 Å². The summed E-state index contributed by atoms with van der Waals surface area (Å²) >= 11 is 0. The first-order valence-electron chi connectivity index (χ1n) is 9.12. The highest BCUT2D eigenvalue weighted by Gasteiger charge is 2.19. The molecule has 5 heteroatoms. The number of hydrogen-bond acceptors (Lipinski definition) is 3. The lowest BCUT2D eigenvalue weighted by atomic mass is 9.86. The lowest BCUT2D eigenvalue weighted by Crippen LogP contribution is -2.31. The Labute approximate surface area is 161 Å². The minimum absolute atomic E-state index is 0.0711. The molecule has 5 nitrogen and oxygen atoms in total. The summed E-state index contributed by atoms with van der Waals surface area (Å²) in [6.45, 7) is 7.70. The van der Waals surface area contributed by atoms with Crippen molar-refractivity contribution in [1.82, 2.24) is 10.2 Å². The number of carbonyl (C=O) groups is 2. The molecule has 2 N–H and O–H groups in total. The van der Waals surface area contributed by atoms with Gasteiger partial charge in [0.15, 0.2) is 0 Å². The molecule has 2 aromatic carbocycles. The molecule has 0 aliphatic rings. The van der Waals surface area contributed by atoms with Gasteiger partial charge in [-0.2, -0.15) is 0 Å². The van der Waals surface area contributed by atoms with E-state index < -0.39 is 0 Å². The molecule has 0 unspecified atom stereocenters. The highest BCUT2D eigenvalue weighted by Crippen LogP contribution is 2.29. The summed E-state index contributed by atoms with van der Waals surface area (Å²) in [5, 5.41) is 5.85. The number of likely N-dealkylation sites (N-methyl/N-ethyl adjacent to an activating group) is 1. The minimum Gasteiger partial charge on any atom is -0.351 e. The van der Waals surface area contributed by atoms with Crippen molar-refractivity contribution in [2.45, 2.75) is 26.2 Å². The molecule has 2 amide bonds. The Hall–Kier alpha value is -2.66. The third kappa shape index (κ3) is 5.93. The Kier molecular flexibility index (Phi) is 6.75. The van der Waals surface area contributed by atoms with E-state index in [9.17, 15) is 9.59 Å². The van der Waals surface area contributed by atoms with Crippen LogP contribution in [-0.4, -0.2) is 43.9 Å². The molecule has 0 atom stereocenters. The van der Waals surface area contributed by atoms with E-state index in [1.807, 2.05) is 43.3 Å². The van der Waals surface area contributed by atoms with E-state index in [0.717, 1.165) is 17.8 Å². The first kappa shape index (κ1) is 20.6. The highest BCUT2D eigenvalue weighted by atomic mass is 16.2. The molecule has 0 spiro atoms. The van der Waals surface area contributed by atoms with Crippen molar-refractivity contribution in [3.05, 3.63) is 65.2 Å². The van der Waals surface area contributed by atoms with Gasteiger partial charge < -0.3 is 15.5 Å². The first-order valence-corrected chi connectivity index (χ1v) is 9.12. The number of nitrogens with one attached hydrogen (secondary N) is 2. The molecule has 0 heterocycles. The molecule has 27 heavy (non-hydrogen) atoms. The van der Waals surface area contributed by atoms with Crippen molar-refractivity contribution in [3.8, 4) is 0 Å². The van der Waals surface area contributed by atoms with Crippen LogP contribution >= 0.6 is 0 Å². The van der Waals surface area contributed by atoms with E-state index in [4.69, 9.17) is 0 Å². The van der Waals surface area contributed by atoms with Gasteiger partial charge in [-0.15, -0.1) is 0 Å². The standard InChI is InChI=1S/C22H29N3O2/c1-22(2,3)18-8-6-7-9-19(18)24-21(27)17-12-10-16(11-13-17)20(26)23-14-15-25(4)5/h6-13H,14-15H2,1-5H3,(H,23,26)(H,24,27). The molecule has 0 saturated heterocycles. The molecule has 0 aliphatic carbocycles. The summed E-state index contributed by atoms with van der Waals surface area (Å²) in [5.74, 6) is -0.326. The smallest absolute Gasteiger partial charge is 0.255 e. The zero-order chi connectivity index (χ0) is 20.0. The number of benzene rings is 2. The number of amides is 2. The van der Waals surface area contributed by atoms with Gasteiger partial charge in [0.05, 0.1) is 0 Å². The SMILES string of the molecule is CN(C)CCNC(=O)c1ccc(C(=O)Nc2ccccc2C(C)(C)C)cc1. The van der Waals surface area contributed by atoms with Crippen LogP contribution in [0.2, 0.25) is 0 Å². The lowest BCUT2D eigenvalue weighted by Gasteiger charge is -2.23. The molecule has 0 aromatic heterocycles. The molecule has 0 fully saturated rings. The quantitative estimate of drug-likeness (QED) is 0.821. The van der Waals surface area contributed by atoms with E-state index in [-0.39, 0.29) is 17.2 Å². The van der Waals surface area contributed by atoms with Gasteiger partial charge in [-0.25, -0.2) is 0 Å². The van der Waals surface area contributed by atoms with Gasteiger partial charge in [-0.05, 0) is 55.4 Å². The van der Waals surface area contributed by atoms with Gasteiger partial charge >= 0.3 is 0 Å². The first-order chi connectivity index (χ1) is 12.7. The fourth-order valence-electron chi connectivity index (χ4n) is 2.71. The van der Waals surface area contributed by atoms with Crippen LogP contribution in [0.1, 0.15) is 47.1 Å². The van der Waals surface area contributed by atoms with Crippen LogP contribution < -0.4 is 10.6 Å². The average Bonchev–Trinajstić information content (AvgIpc) is 2.61. The maximum Gasteiger partial charge on any atom is 0.255 e.